The topological polar surface area (TPSA) is 77.7 Å². The van der Waals surface area contributed by atoms with Crippen molar-refractivity contribution in [2.24, 2.45) is 0 Å². The van der Waals surface area contributed by atoms with Crippen molar-refractivity contribution in [2.45, 2.75) is 11.4 Å². The molecule has 0 aliphatic rings. The molecule has 4 rings (SSSR count). The normalized spacial score (nSPS) is 11.7. The van der Waals surface area contributed by atoms with Crippen LogP contribution in [0.3, 0.4) is 0 Å². The number of aromatic nitrogens is 4. The van der Waals surface area contributed by atoms with Gasteiger partial charge in [0.2, 0.25) is 0 Å². The van der Waals surface area contributed by atoms with E-state index in [4.69, 9.17) is 0 Å². The molecule has 0 amide bonds. The highest BCUT2D eigenvalue weighted by molar-refractivity contribution is 7.90. The van der Waals surface area contributed by atoms with Crippen LogP contribution in [-0.4, -0.2) is 34.2 Å². The lowest BCUT2D eigenvalue weighted by molar-refractivity contribution is 0.602. The van der Waals surface area contributed by atoms with E-state index in [0.717, 1.165) is 22.2 Å². The van der Waals surface area contributed by atoms with Crippen molar-refractivity contribution in [1.82, 2.24) is 19.5 Å². The van der Waals surface area contributed by atoms with E-state index in [1.807, 2.05) is 35.0 Å². The van der Waals surface area contributed by atoms with Gasteiger partial charge < -0.3 is 4.57 Å². The summed E-state index contributed by atoms with van der Waals surface area (Å²) in [6.07, 6.45) is 8.25. The second-order valence-corrected chi connectivity index (χ2v) is 8.11. The van der Waals surface area contributed by atoms with Crippen LogP contribution in [0, 0.1) is 0 Å². The van der Waals surface area contributed by atoms with Gasteiger partial charge in [-0.25, -0.2) is 13.4 Å². The number of imidazole rings is 1. The number of pyridine rings is 2. The standard InChI is InChI=1S/C19H16N4O2S/c1-26(24,25)16-6-2-5-15(8-16)17-9-19-18(11-21-17)22-13-23(19)12-14-4-3-7-20-10-14/h2-11,13H,12H2,1H3. The van der Waals surface area contributed by atoms with Crippen LogP contribution in [0.15, 0.2) is 72.3 Å². The fourth-order valence-corrected chi connectivity index (χ4v) is 3.49. The maximum absolute atomic E-state index is 11.8. The Hall–Kier alpha value is -3.06. The summed E-state index contributed by atoms with van der Waals surface area (Å²) in [7, 11) is -3.27. The highest BCUT2D eigenvalue weighted by atomic mass is 32.2. The molecule has 7 heteroatoms. The average Bonchev–Trinajstić information content (AvgIpc) is 3.04. The Morgan fingerprint density at radius 2 is 1.92 bits per heavy atom. The molecule has 130 valence electrons. The van der Waals surface area contributed by atoms with E-state index in [-0.39, 0.29) is 4.90 Å². The van der Waals surface area contributed by atoms with Gasteiger partial charge in [-0.3, -0.25) is 9.97 Å². The molecule has 0 saturated carbocycles. The summed E-state index contributed by atoms with van der Waals surface area (Å²) in [6, 6.07) is 12.7. The second-order valence-electron chi connectivity index (χ2n) is 6.09. The molecule has 0 saturated heterocycles. The van der Waals surface area contributed by atoms with Crippen LogP contribution in [-0.2, 0) is 16.4 Å². The zero-order chi connectivity index (χ0) is 18.1. The van der Waals surface area contributed by atoms with E-state index in [1.54, 1.807) is 36.9 Å². The third-order valence-corrected chi connectivity index (χ3v) is 5.25. The Morgan fingerprint density at radius 3 is 2.69 bits per heavy atom. The Labute approximate surface area is 151 Å². The van der Waals surface area contributed by atoms with Crippen molar-refractivity contribution in [2.75, 3.05) is 6.26 Å². The molecule has 0 fully saturated rings. The number of hydrogen-bond acceptors (Lipinski definition) is 5. The lowest BCUT2D eigenvalue weighted by Gasteiger charge is -2.07. The van der Waals surface area contributed by atoms with Crippen LogP contribution in [0.5, 0.6) is 0 Å². The first-order valence-corrected chi connectivity index (χ1v) is 9.90. The third-order valence-electron chi connectivity index (χ3n) is 4.14. The molecule has 1 aromatic carbocycles. The Morgan fingerprint density at radius 1 is 1.04 bits per heavy atom. The van der Waals surface area contributed by atoms with Gasteiger partial charge in [0, 0.05) is 24.2 Å². The highest BCUT2D eigenvalue weighted by Crippen LogP contribution is 2.24. The average molecular weight is 364 g/mol. The summed E-state index contributed by atoms with van der Waals surface area (Å²) < 4.78 is 25.6. The van der Waals surface area contributed by atoms with Crippen LogP contribution in [0.25, 0.3) is 22.3 Å². The van der Waals surface area contributed by atoms with Crippen molar-refractivity contribution >= 4 is 20.9 Å². The minimum absolute atomic E-state index is 0.278. The van der Waals surface area contributed by atoms with Crippen molar-refractivity contribution in [3.63, 3.8) is 0 Å². The molecule has 0 N–H and O–H groups in total. The van der Waals surface area contributed by atoms with Crippen molar-refractivity contribution in [1.29, 1.82) is 0 Å². The van der Waals surface area contributed by atoms with Crippen LogP contribution in [0.2, 0.25) is 0 Å². The largest absolute Gasteiger partial charge is 0.326 e. The molecule has 0 atom stereocenters. The maximum Gasteiger partial charge on any atom is 0.175 e. The van der Waals surface area contributed by atoms with E-state index < -0.39 is 9.84 Å². The van der Waals surface area contributed by atoms with E-state index >= 15 is 0 Å². The molecule has 26 heavy (non-hydrogen) atoms. The van der Waals surface area contributed by atoms with E-state index in [9.17, 15) is 8.42 Å². The summed E-state index contributed by atoms with van der Waals surface area (Å²) in [4.78, 5) is 13.2. The molecule has 0 aliphatic carbocycles. The van der Waals surface area contributed by atoms with Crippen LogP contribution in [0.4, 0.5) is 0 Å². The first-order valence-electron chi connectivity index (χ1n) is 8.01. The number of benzene rings is 1. The zero-order valence-corrected chi connectivity index (χ0v) is 14.9. The maximum atomic E-state index is 11.8. The SMILES string of the molecule is CS(=O)(=O)c1cccc(-c2cc3c(cn2)ncn3Cc2cccnc2)c1. The molecule has 4 aromatic rings. The van der Waals surface area contributed by atoms with Gasteiger partial charge in [-0.05, 0) is 29.8 Å². The van der Waals surface area contributed by atoms with E-state index in [2.05, 4.69) is 15.0 Å². The number of nitrogens with zero attached hydrogens (tertiary/aromatic N) is 4. The molecule has 0 spiro atoms. The highest BCUT2D eigenvalue weighted by Gasteiger charge is 2.11. The molecule has 0 bridgehead atoms. The molecule has 3 aromatic heterocycles. The summed E-state index contributed by atoms with van der Waals surface area (Å²) >= 11 is 0. The minimum atomic E-state index is -3.27. The lowest BCUT2D eigenvalue weighted by atomic mass is 10.1. The summed E-state index contributed by atoms with van der Waals surface area (Å²) in [5, 5.41) is 0. The van der Waals surface area contributed by atoms with Gasteiger partial charge in [0.25, 0.3) is 0 Å². The van der Waals surface area contributed by atoms with Crippen molar-refractivity contribution in [3.8, 4) is 11.3 Å². The van der Waals surface area contributed by atoms with Gasteiger partial charge in [0.05, 0.1) is 35.2 Å². The first kappa shape index (κ1) is 16.4. The van der Waals surface area contributed by atoms with Crippen molar-refractivity contribution in [3.05, 3.63) is 72.9 Å². The second kappa shape index (κ2) is 6.34. The monoisotopic (exact) mass is 364 g/mol. The van der Waals surface area contributed by atoms with Crippen LogP contribution >= 0.6 is 0 Å². The number of fused-ring (bicyclic) bond motifs is 1. The van der Waals surface area contributed by atoms with Gasteiger partial charge in [-0.2, -0.15) is 0 Å². The van der Waals surface area contributed by atoms with Gasteiger partial charge in [0.15, 0.2) is 9.84 Å². The molecular formula is C19H16N4O2S. The van der Waals surface area contributed by atoms with E-state index in [0.29, 0.717) is 12.2 Å². The fourth-order valence-electron chi connectivity index (χ4n) is 2.82. The van der Waals surface area contributed by atoms with Crippen LogP contribution < -0.4 is 0 Å². The van der Waals surface area contributed by atoms with Crippen molar-refractivity contribution < 1.29 is 8.42 Å². The molecule has 6 nitrogen and oxygen atoms in total. The lowest BCUT2D eigenvalue weighted by Crippen LogP contribution is -1.99. The van der Waals surface area contributed by atoms with Gasteiger partial charge in [0.1, 0.15) is 5.52 Å². The molecular weight excluding hydrogens is 348 g/mol. The third kappa shape index (κ3) is 3.21. The molecule has 0 radical (unpaired) electrons. The van der Waals surface area contributed by atoms with Gasteiger partial charge in [-0.15, -0.1) is 0 Å². The quantitative estimate of drug-likeness (QED) is 0.556. The minimum Gasteiger partial charge on any atom is -0.326 e. The predicted molar refractivity (Wildman–Crippen MR) is 99.4 cm³/mol. The van der Waals surface area contributed by atoms with Gasteiger partial charge in [-0.1, -0.05) is 18.2 Å². The first-order chi connectivity index (χ1) is 12.5. The number of hydrogen-bond donors (Lipinski definition) is 0. The summed E-state index contributed by atoms with van der Waals surface area (Å²) in [5.74, 6) is 0. The van der Waals surface area contributed by atoms with E-state index in [1.165, 1.54) is 6.26 Å². The Bertz CT molecular complexity index is 1180. The fraction of sp³-hybridized carbons (Fsp3) is 0.105. The summed E-state index contributed by atoms with van der Waals surface area (Å²) in [6.45, 7) is 0.650. The Balaban J connectivity index is 1.77. The number of sulfone groups is 1. The smallest absolute Gasteiger partial charge is 0.175 e. The van der Waals surface area contributed by atoms with Crippen LogP contribution in [0.1, 0.15) is 5.56 Å². The zero-order valence-electron chi connectivity index (χ0n) is 14.1. The molecule has 0 aliphatic heterocycles. The van der Waals surface area contributed by atoms with Gasteiger partial charge >= 0.3 is 0 Å². The predicted octanol–water partition coefficient (Wildman–Crippen LogP) is 2.95. The molecule has 3 heterocycles. The Kier molecular flexibility index (Phi) is 4.00. The number of rotatable bonds is 4. The summed E-state index contributed by atoms with van der Waals surface area (Å²) in [5.41, 5.74) is 4.25. The molecule has 0 unspecified atom stereocenters.